The van der Waals surface area contributed by atoms with Crippen LogP contribution in [0.2, 0.25) is 0 Å². The van der Waals surface area contributed by atoms with Gasteiger partial charge in [-0.15, -0.1) is 0 Å². The van der Waals surface area contributed by atoms with Gasteiger partial charge in [-0.3, -0.25) is 0 Å². The Morgan fingerprint density at radius 3 is 2.81 bits per heavy atom. The summed E-state index contributed by atoms with van der Waals surface area (Å²) >= 11 is 0. The number of anilines is 2. The Morgan fingerprint density at radius 2 is 2.25 bits per heavy atom. The maximum Gasteiger partial charge on any atom is 0.134 e. The Kier molecular flexibility index (Phi) is 3.24. The zero-order chi connectivity index (χ0) is 11.5. The highest BCUT2D eigenvalue weighted by Crippen LogP contribution is 2.15. The van der Waals surface area contributed by atoms with E-state index < -0.39 is 0 Å². The number of aromatic nitrogens is 2. The lowest BCUT2D eigenvalue weighted by atomic mass is 10.2. The minimum atomic E-state index is 0.508. The fourth-order valence-electron chi connectivity index (χ4n) is 1.58. The molecule has 5 heteroatoms. The molecule has 0 spiro atoms. The van der Waals surface area contributed by atoms with E-state index >= 15 is 0 Å². The summed E-state index contributed by atoms with van der Waals surface area (Å²) < 4.78 is 0. The van der Waals surface area contributed by atoms with Crippen molar-refractivity contribution in [3.8, 4) is 0 Å². The van der Waals surface area contributed by atoms with Crippen molar-refractivity contribution < 1.29 is 0 Å². The van der Waals surface area contributed by atoms with Crippen LogP contribution in [0.1, 0.15) is 12.7 Å². The molecule has 1 aromatic heterocycles. The third-order valence-corrected chi connectivity index (χ3v) is 2.82. The predicted molar refractivity (Wildman–Crippen MR) is 66.0 cm³/mol. The Bertz CT molecular complexity index is 361. The fraction of sp³-hybridized carbons (Fsp3) is 0.636. The van der Waals surface area contributed by atoms with E-state index in [9.17, 15) is 0 Å². The molecule has 0 aromatic carbocycles. The van der Waals surface area contributed by atoms with Crippen molar-refractivity contribution in [1.82, 2.24) is 15.3 Å². The van der Waals surface area contributed by atoms with Crippen LogP contribution in [-0.2, 0) is 0 Å². The Morgan fingerprint density at radius 1 is 1.50 bits per heavy atom. The molecule has 1 saturated heterocycles. The van der Waals surface area contributed by atoms with Gasteiger partial charge in [-0.2, -0.15) is 0 Å². The van der Waals surface area contributed by atoms with Gasteiger partial charge in [-0.1, -0.05) is 0 Å². The van der Waals surface area contributed by atoms with Crippen molar-refractivity contribution in [3.63, 3.8) is 0 Å². The molecule has 0 atom stereocenters. The summed E-state index contributed by atoms with van der Waals surface area (Å²) in [5.74, 6) is 2.71. The molecule has 2 heterocycles. The van der Waals surface area contributed by atoms with Gasteiger partial charge in [0.25, 0.3) is 0 Å². The molecule has 0 unspecified atom stereocenters. The van der Waals surface area contributed by atoms with E-state index in [2.05, 4.69) is 32.4 Å². The third-order valence-electron chi connectivity index (χ3n) is 2.82. The second-order valence-electron chi connectivity index (χ2n) is 4.17. The summed E-state index contributed by atoms with van der Waals surface area (Å²) in [5.41, 5.74) is 0. The molecule has 1 aliphatic heterocycles. The molecule has 1 aliphatic rings. The van der Waals surface area contributed by atoms with Crippen molar-refractivity contribution in [2.75, 3.05) is 36.9 Å². The molecule has 0 amide bonds. The van der Waals surface area contributed by atoms with Crippen LogP contribution in [0, 0.1) is 6.92 Å². The summed E-state index contributed by atoms with van der Waals surface area (Å²) in [6.07, 6.45) is 0. The van der Waals surface area contributed by atoms with Gasteiger partial charge in [-0.05, 0) is 13.8 Å². The average molecular weight is 221 g/mol. The number of hydrogen-bond donors (Lipinski definition) is 2. The van der Waals surface area contributed by atoms with Gasteiger partial charge < -0.3 is 15.5 Å². The highest BCUT2D eigenvalue weighted by molar-refractivity contribution is 5.49. The second-order valence-corrected chi connectivity index (χ2v) is 4.17. The van der Waals surface area contributed by atoms with Gasteiger partial charge in [0.1, 0.15) is 17.5 Å². The second kappa shape index (κ2) is 4.65. The summed E-state index contributed by atoms with van der Waals surface area (Å²) in [4.78, 5) is 10.9. The minimum absolute atomic E-state index is 0.508. The van der Waals surface area contributed by atoms with Gasteiger partial charge in [0, 0.05) is 32.7 Å². The number of nitrogens with zero attached hydrogens (tertiary/aromatic N) is 3. The monoisotopic (exact) mass is 221 g/mol. The molecule has 1 fully saturated rings. The molecular formula is C11H19N5. The molecule has 2 rings (SSSR count). The zero-order valence-electron chi connectivity index (χ0n) is 10.1. The summed E-state index contributed by atoms with van der Waals surface area (Å²) in [6.45, 7) is 7.02. The van der Waals surface area contributed by atoms with Gasteiger partial charge in [0.05, 0.1) is 6.04 Å². The summed E-state index contributed by atoms with van der Waals surface area (Å²) in [5, 5.41) is 6.63. The van der Waals surface area contributed by atoms with E-state index in [1.54, 1.807) is 0 Å². The lowest BCUT2D eigenvalue weighted by Gasteiger charge is -2.28. The van der Waals surface area contributed by atoms with Crippen LogP contribution in [0.5, 0.6) is 0 Å². The smallest absolute Gasteiger partial charge is 0.134 e. The summed E-state index contributed by atoms with van der Waals surface area (Å²) in [6, 6.07) is 2.52. The van der Waals surface area contributed by atoms with Crippen molar-refractivity contribution >= 4 is 11.6 Å². The van der Waals surface area contributed by atoms with Crippen molar-refractivity contribution in [1.29, 1.82) is 0 Å². The van der Waals surface area contributed by atoms with Crippen LogP contribution in [0.15, 0.2) is 6.07 Å². The Hall–Kier alpha value is -1.36. The van der Waals surface area contributed by atoms with Crippen molar-refractivity contribution in [3.05, 3.63) is 11.9 Å². The van der Waals surface area contributed by atoms with Gasteiger partial charge >= 0.3 is 0 Å². The molecule has 0 bridgehead atoms. The first-order chi connectivity index (χ1) is 7.69. The predicted octanol–water partition coefficient (Wildman–Crippen LogP) is 0.625. The maximum absolute atomic E-state index is 4.41. The first-order valence-electron chi connectivity index (χ1n) is 5.73. The molecule has 1 aromatic rings. The first-order valence-corrected chi connectivity index (χ1v) is 5.73. The zero-order valence-corrected chi connectivity index (χ0v) is 10.1. The normalized spacial score (nSPS) is 15.7. The maximum atomic E-state index is 4.41. The first kappa shape index (κ1) is 11.1. The van der Waals surface area contributed by atoms with Crippen LogP contribution in [-0.4, -0.2) is 42.7 Å². The lowest BCUT2D eigenvalue weighted by molar-refractivity contribution is 0.471. The topological polar surface area (TPSA) is 53.1 Å². The Labute approximate surface area is 96.3 Å². The van der Waals surface area contributed by atoms with E-state index in [4.69, 9.17) is 0 Å². The van der Waals surface area contributed by atoms with Crippen LogP contribution in [0.3, 0.4) is 0 Å². The standard InChI is InChI=1S/C11H19N5/c1-4-16(3)11-5-10(13-8(2)14-11)15-9-6-12-7-9/h5,9,12H,4,6-7H2,1-3H3,(H,13,14,15). The van der Waals surface area contributed by atoms with Crippen molar-refractivity contribution in [2.24, 2.45) is 0 Å². The molecule has 0 saturated carbocycles. The van der Waals surface area contributed by atoms with Gasteiger partial charge in [-0.25, -0.2) is 9.97 Å². The van der Waals surface area contributed by atoms with E-state index in [0.29, 0.717) is 6.04 Å². The molecule has 2 N–H and O–H groups in total. The Balaban J connectivity index is 2.14. The van der Waals surface area contributed by atoms with Crippen LogP contribution < -0.4 is 15.5 Å². The largest absolute Gasteiger partial charge is 0.365 e. The molecule has 16 heavy (non-hydrogen) atoms. The number of aryl methyl sites for hydroxylation is 1. The third kappa shape index (κ3) is 2.41. The molecule has 0 radical (unpaired) electrons. The summed E-state index contributed by atoms with van der Waals surface area (Å²) in [7, 11) is 2.04. The van der Waals surface area contributed by atoms with Gasteiger partial charge in [0.15, 0.2) is 0 Å². The van der Waals surface area contributed by atoms with Crippen molar-refractivity contribution in [2.45, 2.75) is 19.9 Å². The van der Waals surface area contributed by atoms with E-state index in [0.717, 1.165) is 37.1 Å². The molecule has 5 nitrogen and oxygen atoms in total. The highest BCUT2D eigenvalue weighted by atomic mass is 15.2. The number of rotatable bonds is 4. The van der Waals surface area contributed by atoms with E-state index in [1.165, 1.54) is 0 Å². The van der Waals surface area contributed by atoms with E-state index in [1.807, 2.05) is 20.0 Å². The lowest BCUT2D eigenvalue weighted by Crippen LogP contribution is -2.51. The van der Waals surface area contributed by atoms with Crippen LogP contribution in [0.25, 0.3) is 0 Å². The number of nitrogens with one attached hydrogen (secondary N) is 2. The average Bonchev–Trinajstić information content (AvgIpc) is 2.21. The van der Waals surface area contributed by atoms with Crippen LogP contribution in [0.4, 0.5) is 11.6 Å². The molecule has 88 valence electrons. The molecule has 0 aliphatic carbocycles. The fourth-order valence-corrected chi connectivity index (χ4v) is 1.58. The number of hydrogen-bond acceptors (Lipinski definition) is 5. The minimum Gasteiger partial charge on any atom is -0.365 e. The quantitative estimate of drug-likeness (QED) is 0.781. The SMILES string of the molecule is CCN(C)c1cc(NC2CNC2)nc(C)n1. The molecular weight excluding hydrogens is 202 g/mol. The van der Waals surface area contributed by atoms with Crippen LogP contribution >= 0.6 is 0 Å². The van der Waals surface area contributed by atoms with E-state index in [-0.39, 0.29) is 0 Å². The van der Waals surface area contributed by atoms with Gasteiger partial charge in [0.2, 0.25) is 0 Å². The highest BCUT2D eigenvalue weighted by Gasteiger charge is 2.17.